The van der Waals surface area contributed by atoms with Gasteiger partial charge in [0.1, 0.15) is 0 Å². The maximum atomic E-state index is 11.1. The zero-order valence-electron chi connectivity index (χ0n) is 9.30. The minimum atomic E-state index is -0.629. The van der Waals surface area contributed by atoms with Gasteiger partial charge in [0.2, 0.25) is 0 Å². The number of aliphatic carboxylic acids is 1. The fourth-order valence-corrected chi connectivity index (χ4v) is 1.82. The molecular weight excluding hydrogens is 180 g/mol. The van der Waals surface area contributed by atoms with Crippen molar-refractivity contribution >= 4 is 5.97 Å². The van der Waals surface area contributed by atoms with E-state index in [9.17, 15) is 4.79 Å². The van der Waals surface area contributed by atoms with Crippen LogP contribution >= 0.6 is 0 Å². The Morgan fingerprint density at radius 3 is 2.36 bits per heavy atom. The number of ether oxygens (including phenoxy) is 1. The van der Waals surface area contributed by atoms with Crippen molar-refractivity contribution in [2.75, 3.05) is 7.11 Å². The molecule has 14 heavy (non-hydrogen) atoms. The van der Waals surface area contributed by atoms with Crippen LogP contribution in [0.4, 0.5) is 0 Å². The number of rotatable bonds is 5. The van der Waals surface area contributed by atoms with E-state index < -0.39 is 11.4 Å². The summed E-state index contributed by atoms with van der Waals surface area (Å²) in [5.41, 5.74) is -0.631. The third kappa shape index (κ3) is 2.27. The lowest BCUT2D eigenvalue weighted by atomic mass is 9.65. The number of hydrogen-bond acceptors (Lipinski definition) is 2. The van der Waals surface area contributed by atoms with Gasteiger partial charge in [-0.25, -0.2) is 0 Å². The van der Waals surface area contributed by atoms with E-state index in [1.165, 1.54) is 0 Å². The summed E-state index contributed by atoms with van der Waals surface area (Å²) in [4.78, 5) is 11.1. The molecule has 1 aliphatic carbocycles. The first-order valence-corrected chi connectivity index (χ1v) is 5.20. The topological polar surface area (TPSA) is 46.5 Å². The molecule has 0 heterocycles. The molecule has 3 nitrogen and oxygen atoms in total. The monoisotopic (exact) mass is 200 g/mol. The predicted octanol–water partition coefficient (Wildman–Crippen LogP) is 2.45. The highest BCUT2D eigenvalue weighted by molar-refractivity contribution is 5.75. The molecule has 0 aliphatic heterocycles. The van der Waals surface area contributed by atoms with E-state index in [0.717, 1.165) is 32.1 Å². The number of hydrogen-bond donors (Lipinski definition) is 1. The van der Waals surface area contributed by atoms with Gasteiger partial charge in [-0.2, -0.15) is 0 Å². The van der Waals surface area contributed by atoms with Crippen molar-refractivity contribution in [1.29, 1.82) is 0 Å². The first-order chi connectivity index (χ1) is 6.42. The van der Waals surface area contributed by atoms with Crippen molar-refractivity contribution in [3.05, 3.63) is 0 Å². The van der Waals surface area contributed by atoms with Gasteiger partial charge in [-0.3, -0.25) is 4.79 Å². The minimum Gasteiger partial charge on any atom is -0.481 e. The molecular formula is C11H20O3. The summed E-state index contributed by atoms with van der Waals surface area (Å²) in [6.07, 6.45) is 4.28. The minimum absolute atomic E-state index is 0.196. The van der Waals surface area contributed by atoms with Crippen LogP contribution in [0.2, 0.25) is 0 Å². The van der Waals surface area contributed by atoms with Gasteiger partial charge >= 0.3 is 5.97 Å². The van der Waals surface area contributed by atoms with Gasteiger partial charge in [-0.15, -0.1) is 0 Å². The molecule has 0 unspecified atom stereocenters. The van der Waals surface area contributed by atoms with E-state index in [-0.39, 0.29) is 5.60 Å². The fraction of sp³-hybridized carbons (Fsp3) is 0.909. The third-order valence-electron chi connectivity index (χ3n) is 3.52. The van der Waals surface area contributed by atoms with Gasteiger partial charge in [-0.05, 0) is 39.5 Å². The summed E-state index contributed by atoms with van der Waals surface area (Å²) in [5, 5.41) is 9.11. The Labute approximate surface area is 85.5 Å². The molecule has 0 saturated heterocycles. The molecule has 1 aliphatic rings. The maximum absolute atomic E-state index is 11.1. The zero-order valence-corrected chi connectivity index (χ0v) is 9.30. The first kappa shape index (κ1) is 11.5. The Balaban J connectivity index is 2.47. The molecule has 1 saturated carbocycles. The van der Waals surface area contributed by atoms with Crippen molar-refractivity contribution in [2.24, 2.45) is 5.41 Å². The van der Waals surface area contributed by atoms with Crippen LogP contribution in [0.1, 0.15) is 46.0 Å². The molecule has 82 valence electrons. The van der Waals surface area contributed by atoms with E-state index >= 15 is 0 Å². The van der Waals surface area contributed by atoms with Crippen LogP contribution in [-0.4, -0.2) is 23.8 Å². The summed E-state index contributed by atoms with van der Waals surface area (Å²) in [7, 11) is 1.67. The van der Waals surface area contributed by atoms with Gasteiger partial charge in [0.25, 0.3) is 0 Å². The molecule has 0 amide bonds. The molecule has 1 rings (SSSR count). The summed E-state index contributed by atoms with van der Waals surface area (Å²) >= 11 is 0. The van der Waals surface area contributed by atoms with Crippen molar-refractivity contribution in [2.45, 2.75) is 51.6 Å². The molecule has 1 N–H and O–H groups in total. The van der Waals surface area contributed by atoms with E-state index in [0.29, 0.717) is 0 Å². The number of carbonyl (C=O) groups is 1. The van der Waals surface area contributed by atoms with Crippen molar-refractivity contribution in [3.8, 4) is 0 Å². The van der Waals surface area contributed by atoms with Gasteiger partial charge in [0.05, 0.1) is 11.0 Å². The second-order valence-electron chi connectivity index (χ2n) is 4.90. The summed E-state index contributed by atoms with van der Waals surface area (Å²) in [6.45, 7) is 4.00. The zero-order chi connectivity index (χ0) is 10.8. The highest BCUT2D eigenvalue weighted by Crippen LogP contribution is 2.46. The normalized spacial score (nSPS) is 20.2. The summed E-state index contributed by atoms with van der Waals surface area (Å²) < 4.78 is 5.29. The molecule has 3 heteroatoms. The third-order valence-corrected chi connectivity index (χ3v) is 3.52. The van der Waals surface area contributed by atoms with Crippen molar-refractivity contribution in [3.63, 3.8) is 0 Å². The summed E-state index contributed by atoms with van der Waals surface area (Å²) in [5.74, 6) is -0.629. The standard InChI is InChI=1S/C11H20O3/c1-10(2,14-3)7-8-11(9(12)13)5-4-6-11/h4-8H2,1-3H3,(H,12,13). The second kappa shape index (κ2) is 3.89. The van der Waals surface area contributed by atoms with Crippen LogP contribution in [0, 0.1) is 5.41 Å². The van der Waals surface area contributed by atoms with E-state index in [1.807, 2.05) is 13.8 Å². The largest absolute Gasteiger partial charge is 0.481 e. The number of carboxylic acids is 1. The lowest BCUT2D eigenvalue weighted by Crippen LogP contribution is -2.39. The Bertz CT molecular complexity index is 217. The van der Waals surface area contributed by atoms with Gasteiger partial charge in [-0.1, -0.05) is 6.42 Å². The molecule has 1 fully saturated rings. The average molecular weight is 200 g/mol. The quantitative estimate of drug-likeness (QED) is 0.741. The second-order valence-corrected chi connectivity index (χ2v) is 4.90. The SMILES string of the molecule is COC(C)(C)CCC1(C(=O)O)CCC1. The Hall–Kier alpha value is -0.570. The first-order valence-electron chi connectivity index (χ1n) is 5.20. The average Bonchev–Trinajstić information content (AvgIpc) is 2.01. The molecule has 0 aromatic heterocycles. The van der Waals surface area contributed by atoms with E-state index in [2.05, 4.69) is 0 Å². The smallest absolute Gasteiger partial charge is 0.309 e. The van der Waals surface area contributed by atoms with Gasteiger partial charge < -0.3 is 9.84 Å². The van der Waals surface area contributed by atoms with E-state index in [1.54, 1.807) is 7.11 Å². The summed E-state index contributed by atoms with van der Waals surface area (Å²) in [6, 6.07) is 0. The van der Waals surface area contributed by atoms with Crippen molar-refractivity contribution in [1.82, 2.24) is 0 Å². The number of methoxy groups -OCH3 is 1. The van der Waals surface area contributed by atoms with Crippen LogP contribution in [-0.2, 0) is 9.53 Å². The molecule has 0 aromatic rings. The Kier molecular flexibility index (Phi) is 3.20. The lowest BCUT2D eigenvalue weighted by molar-refractivity contribution is -0.156. The lowest BCUT2D eigenvalue weighted by Gasteiger charge is -2.39. The molecule has 0 bridgehead atoms. The van der Waals surface area contributed by atoms with Crippen LogP contribution in [0.15, 0.2) is 0 Å². The molecule has 0 spiro atoms. The van der Waals surface area contributed by atoms with Crippen molar-refractivity contribution < 1.29 is 14.6 Å². The number of carboxylic acid groups (broad SMARTS) is 1. The Morgan fingerprint density at radius 1 is 1.50 bits per heavy atom. The van der Waals surface area contributed by atoms with Gasteiger partial charge in [0.15, 0.2) is 0 Å². The highest BCUT2D eigenvalue weighted by atomic mass is 16.5. The Morgan fingerprint density at radius 2 is 2.07 bits per heavy atom. The molecule has 0 aromatic carbocycles. The predicted molar refractivity (Wildman–Crippen MR) is 54.2 cm³/mol. The van der Waals surface area contributed by atoms with Crippen LogP contribution in [0.3, 0.4) is 0 Å². The van der Waals surface area contributed by atoms with E-state index in [4.69, 9.17) is 9.84 Å². The molecule has 0 atom stereocenters. The van der Waals surface area contributed by atoms with Crippen LogP contribution in [0.25, 0.3) is 0 Å². The fourth-order valence-electron chi connectivity index (χ4n) is 1.82. The maximum Gasteiger partial charge on any atom is 0.309 e. The van der Waals surface area contributed by atoms with Crippen LogP contribution < -0.4 is 0 Å². The van der Waals surface area contributed by atoms with Crippen LogP contribution in [0.5, 0.6) is 0 Å². The van der Waals surface area contributed by atoms with Gasteiger partial charge in [0, 0.05) is 7.11 Å². The highest BCUT2D eigenvalue weighted by Gasteiger charge is 2.44. The molecule has 0 radical (unpaired) electrons.